The van der Waals surface area contributed by atoms with Crippen LogP contribution in [0.4, 0.5) is 0 Å². The van der Waals surface area contributed by atoms with Crippen LogP contribution in [0, 0.1) is 5.41 Å². The molecule has 0 amide bonds. The van der Waals surface area contributed by atoms with Crippen molar-refractivity contribution in [3.05, 3.63) is 34.3 Å². The molecule has 1 aromatic rings. The molecule has 1 spiro atoms. The Bertz CT molecular complexity index is 545. The van der Waals surface area contributed by atoms with E-state index in [4.69, 9.17) is 16.3 Å². The molecule has 122 valence electrons. The van der Waals surface area contributed by atoms with Crippen LogP contribution >= 0.6 is 24.0 Å². The van der Waals surface area contributed by atoms with Crippen LogP contribution in [0.25, 0.3) is 0 Å². The smallest absolute Gasteiger partial charge is 0.337 e. The quantitative estimate of drug-likeness (QED) is 0.856. The van der Waals surface area contributed by atoms with Gasteiger partial charge in [0.25, 0.3) is 0 Å². The van der Waals surface area contributed by atoms with Crippen LogP contribution in [0.15, 0.2) is 18.2 Å². The summed E-state index contributed by atoms with van der Waals surface area (Å²) in [4.78, 5) is 14.1. The van der Waals surface area contributed by atoms with Crippen molar-refractivity contribution in [3.63, 3.8) is 0 Å². The normalized spacial score (nSPS) is 24.5. The molecule has 0 aliphatic carbocycles. The third kappa shape index (κ3) is 3.57. The zero-order valence-electron chi connectivity index (χ0n) is 12.7. The van der Waals surface area contributed by atoms with Gasteiger partial charge in [-0.2, -0.15) is 0 Å². The molecule has 22 heavy (non-hydrogen) atoms. The number of ether oxygens (including phenoxy) is 1. The number of rotatable bonds is 3. The number of benzene rings is 1. The minimum absolute atomic E-state index is 0. The van der Waals surface area contributed by atoms with Crippen molar-refractivity contribution in [2.24, 2.45) is 5.41 Å². The monoisotopic (exact) mass is 344 g/mol. The molecule has 2 saturated heterocycles. The minimum atomic E-state index is -0.314. The zero-order valence-corrected chi connectivity index (χ0v) is 14.3. The van der Waals surface area contributed by atoms with Crippen molar-refractivity contribution in [1.29, 1.82) is 0 Å². The third-order valence-corrected chi connectivity index (χ3v) is 5.08. The molecule has 0 radical (unpaired) electrons. The first kappa shape index (κ1) is 17.5. The highest BCUT2D eigenvalue weighted by molar-refractivity contribution is 6.31. The van der Waals surface area contributed by atoms with Gasteiger partial charge in [0.1, 0.15) is 0 Å². The lowest BCUT2D eigenvalue weighted by Crippen LogP contribution is -2.29. The Labute approximate surface area is 142 Å². The summed E-state index contributed by atoms with van der Waals surface area (Å²) in [5.41, 5.74) is 2.02. The molecule has 4 nitrogen and oxygen atoms in total. The van der Waals surface area contributed by atoms with Crippen LogP contribution in [0.1, 0.15) is 28.8 Å². The molecule has 2 heterocycles. The Balaban J connectivity index is 0.00000176. The number of carbonyl (C=O) groups excluding carboxylic acids is 1. The molecule has 2 fully saturated rings. The summed E-state index contributed by atoms with van der Waals surface area (Å²) in [6.07, 6.45) is 2.51. The van der Waals surface area contributed by atoms with Crippen molar-refractivity contribution < 1.29 is 9.53 Å². The Morgan fingerprint density at radius 2 is 2.27 bits per heavy atom. The van der Waals surface area contributed by atoms with Gasteiger partial charge in [-0.15, -0.1) is 12.4 Å². The number of hydrogen-bond acceptors (Lipinski definition) is 4. The molecule has 1 aromatic carbocycles. The number of halogens is 2. The summed E-state index contributed by atoms with van der Waals surface area (Å²) in [7, 11) is 1.40. The number of nitrogens with one attached hydrogen (secondary N) is 1. The Morgan fingerprint density at radius 1 is 1.45 bits per heavy atom. The van der Waals surface area contributed by atoms with E-state index < -0.39 is 0 Å². The molecule has 0 aromatic heterocycles. The van der Waals surface area contributed by atoms with Crippen LogP contribution < -0.4 is 5.32 Å². The number of nitrogens with zero attached hydrogens (tertiary/aromatic N) is 1. The molecule has 2 aliphatic rings. The van der Waals surface area contributed by atoms with Crippen molar-refractivity contribution in [3.8, 4) is 0 Å². The molecule has 6 heteroatoms. The van der Waals surface area contributed by atoms with E-state index in [-0.39, 0.29) is 18.4 Å². The van der Waals surface area contributed by atoms with Crippen molar-refractivity contribution >= 4 is 30.0 Å². The highest BCUT2D eigenvalue weighted by Crippen LogP contribution is 2.37. The second-order valence-corrected chi connectivity index (χ2v) is 6.59. The van der Waals surface area contributed by atoms with Gasteiger partial charge in [0.05, 0.1) is 12.7 Å². The van der Waals surface area contributed by atoms with Gasteiger partial charge < -0.3 is 10.1 Å². The maximum Gasteiger partial charge on any atom is 0.337 e. The molecule has 1 unspecified atom stereocenters. The summed E-state index contributed by atoms with van der Waals surface area (Å²) < 4.78 is 4.77. The SMILES string of the molecule is COC(=O)c1ccc(Cl)c(CN2CCC3(CCNC3)C2)c1.Cl. The van der Waals surface area contributed by atoms with E-state index in [0.717, 1.165) is 38.3 Å². The van der Waals surface area contributed by atoms with Crippen LogP contribution in [-0.2, 0) is 11.3 Å². The zero-order chi connectivity index (χ0) is 14.9. The van der Waals surface area contributed by atoms with E-state index in [0.29, 0.717) is 16.0 Å². The average molecular weight is 345 g/mol. The first-order chi connectivity index (χ1) is 10.1. The average Bonchev–Trinajstić information content (AvgIpc) is 3.11. The Kier molecular flexibility index (Phi) is 5.72. The van der Waals surface area contributed by atoms with Crippen molar-refractivity contribution in [2.45, 2.75) is 19.4 Å². The number of carbonyl (C=O) groups is 1. The number of esters is 1. The Morgan fingerprint density at radius 3 is 2.95 bits per heavy atom. The van der Waals surface area contributed by atoms with Gasteiger partial charge in [-0.3, -0.25) is 4.90 Å². The molecular formula is C16H22Cl2N2O2. The van der Waals surface area contributed by atoms with Crippen LogP contribution in [0.3, 0.4) is 0 Å². The fourth-order valence-corrected chi connectivity index (χ4v) is 3.67. The topological polar surface area (TPSA) is 41.6 Å². The van der Waals surface area contributed by atoms with Gasteiger partial charge in [0.15, 0.2) is 0 Å². The van der Waals surface area contributed by atoms with Gasteiger partial charge in [-0.25, -0.2) is 4.79 Å². The van der Waals surface area contributed by atoms with E-state index in [1.807, 2.05) is 6.07 Å². The lowest BCUT2D eigenvalue weighted by molar-refractivity contribution is 0.0600. The minimum Gasteiger partial charge on any atom is -0.465 e. The van der Waals surface area contributed by atoms with E-state index in [2.05, 4.69) is 10.2 Å². The maximum atomic E-state index is 11.6. The van der Waals surface area contributed by atoms with E-state index in [9.17, 15) is 4.79 Å². The fraction of sp³-hybridized carbons (Fsp3) is 0.562. The highest BCUT2D eigenvalue weighted by Gasteiger charge is 2.40. The summed E-state index contributed by atoms with van der Waals surface area (Å²) >= 11 is 6.28. The lowest BCUT2D eigenvalue weighted by Gasteiger charge is -2.23. The van der Waals surface area contributed by atoms with E-state index >= 15 is 0 Å². The first-order valence-corrected chi connectivity index (χ1v) is 7.80. The predicted octanol–water partition coefficient (Wildman–Crippen LogP) is 2.73. The molecule has 0 bridgehead atoms. The molecular weight excluding hydrogens is 323 g/mol. The van der Waals surface area contributed by atoms with Gasteiger partial charge in [0.2, 0.25) is 0 Å². The highest BCUT2D eigenvalue weighted by atomic mass is 35.5. The van der Waals surface area contributed by atoms with Gasteiger partial charge >= 0.3 is 5.97 Å². The molecule has 2 aliphatic heterocycles. The van der Waals surface area contributed by atoms with Gasteiger partial charge in [-0.1, -0.05) is 11.6 Å². The lowest BCUT2D eigenvalue weighted by atomic mass is 9.86. The number of likely N-dealkylation sites (tertiary alicyclic amines) is 1. The first-order valence-electron chi connectivity index (χ1n) is 7.42. The van der Waals surface area contributed by atoms with Gasteiger partial charge in [0, 0.05) is 24.7 Å². The molecule has 0 saturated carbocycles. The fourth-order valence-electron chi connectivity index (χ4n) is 3.49. The van der Waals surface area contributed by atoms with Crippen LogP contribution in [0.5, 0.6) is 0 Å². The van der Waals surface area contributed by atoms with Crippen molar-refractivity contribution in [2.75, 3.05) is 33.3 Å². The number of hydrogen-bond donors (Lipinski definition) is 1. The maximum absolute atomic E-state index is 11.6. The Hall–Kier alpha value is -0.810. The van der Waals surface area contributed by atoms with Crippen LogP contribution in [0.2, 0.25) is 5.02 Å². The summed E-state index contributed by atoms with van der Waals surface area (Å²) in [5.74, 6) is -0.314. The van der Waals surface area contributed by atoms with Gasteiger partial charge in [-0.05, 0) is 55.1 Å². The molecule has 1 N–H and O–H groups in total. The van der Waals surface area contributed by atoms with E-state index in [1.165, 1.54) is 20.0 Å². The second kappa shape index (κ2) is 7.18. The summed E-state index contributed by atoms with van der Waals surface area (Å²) in [6, 6.07) is 5.35. The molecule has 1 atom stereocenters. The predicted molar refractivity (Wildman–Crippen MR) is 89.9 cm³/mol. The van der Waals surface area contributed by atoms with Crippen LogP contribution in [-0.4, -0.2) is 44.2 Å². The largest absolute Gasteiger partial charge is 0.465 e. The molecule has 3 rings (SSSR count). The van der Waals surface area contributed by atoms with Crippen molar-refractivity contribution in [1.82, 2.24) is 10.2 Å². The summed E-state index contributed by atoms with van der Waals surface area (Å²) in [6.45, 7) is 5.26. The standard InChI is InChI=1S/C16H21ClN2O2.ClH/c1-21-15(20)12-2-3-14(17)13(8-12)9-19-7-5-16(11-19)4-6-18-10-16;/h2-3,8,18H,4-7,9-11H2,1H3;1H. The van der Waals surface area contributed by atoms with E-state index in [1.54, 1.807) is 12.1 Å². The number of methoxy groups -OCH3 is 1. The summed E-state index contributed by atoms with van der Waals surface area (Å²) in [5, 5.41) is 4.18. The third-order valence-electron chi connectivity index (χ3n) is 4.71. The second-order valence-electron chi connectivity index (χ2n) is 6.19.